The number of benzene rings is 2. The molecule has 0 bridgehead atoms. The van der Waals surface area contributed by atoms with Crippen molar-refractivity contribution in [1.82, 2.24) is 9.62 Å². The summed E-state index contributed by atoms with van der Waals surface area (Å²) in [6.45, 7) is -0.326. The van der Waals surface area contributed by atoms with Crippen LogP contribution in [0.3, 0.4) is 0 Å². The molecule has 1 aliphatic rings. The lowest BCUT2D eigenvalue weighted by Gasteiger charge is -2.29. The highest BCUT2D eigenvalue weighted by molar-refractivity contribution is 7.89. The summed E-state index contributed by atoms with van der Waals surface area (Å²) in [6.07, 6.45) is -4.73. The molecule has 2 aromatic carbocycles. The molecule has 10 heteroatoms. The van der Waals surface area contributed by atoms with Crippen LogP contribution in [0, 0.1) is 0 Å². The second-order valence-electron chi connectivity index (χ2n) is 6.58. The van der Waals surface area contributed by atoms with Crippen LogP contribution in [0.1, 0.15) is 16.7 Å². The SMILES string of the molecule is COc1cccc(CNS(=O)(=O)c2ccc3c(c2)CN(C(=O)C(F)(F)F)CC3)c1. The summed E-state index contributed by atoms with van der Waals surface area (Å²) in [5.41, 5.74) is 1.80. The monoisotopic (exact) mass is 428 g/mol. The highest BCUT2D eigenvalue weighted by Gasteiger charge is 2.43. The minimum atomic E-state index is -4.96. The van der Waals surface area contributed by atoms with Crippen molar-refractivity contribution >= 4 is 15.9 Å². The molecule has 0 fully saturated rings. The van der Waals surface area contributed by atoms with Crippen molar-refractivity contribution in [2.75, 3.05) is 13.7 Å². The minimum Gasteiger partial charge on any atom is -0.497 e. The van der Waals surface area contributed by atoms with Gasteiger partial charge in [-0.2, -0.15) is 13.2 Å². The lowest BCUT2D eigenvalue weighted by Crippen LogP contribution is -2.43. The lowest BCUT2D eigenvalue weighted by molar-refractivity contribution is -0.186. The van der Waals surface area contributed by atoms with Crippen LogP contribution in [-0.2, 0) is 34.3 Å². The van der Waals surface area contributed by atoms with Gasteiger partial charge < -0.3 is 9.64 Å². The van der Waals surface area contributed by atoms with Gasteiger partial charge in [0.25, 0.3) is 0 Å². The molecule has 0 spiro atoms. The Bertz CT molecular complexity index is 1020. The average Bonchev–Trinajstić information content (AvgIpc) is 2.70. The normalized spacial score (nSPS) is 14.4. The Hall–Kier alpha value is -2.59. The van der Waals surface area contributed by atoms with Gasteiger partial charge in [-0.05, 0) is 47.4 Å². The van der Waals surface area contributed by atoms with Crippen LogP contribution in [-0.4, -0.2) is 39.1 Å². The summed E-state index contributed by atoms with van der Waals surface area (Å²) < 4.78 is 70.9. The van der Waals surface area contributed by atoms with Gasteiger partial charge in [0.2, 0.25) is 10.0 Å². The average molecular weight is 428 g/mol. The summed E-state index contributed by atoms with van der Waals surface area (Å²) in [7, 11) is -2.39. The van der Waals surface area contributed by atoms with Crippen molar-refractivity contribution in [2.45, 2.75) is 30.6 Å². The first-order valence-corrected chi connectivity index (χ1v) is 10.2. The molecule has 6 nitrogen and oxygen atoms in total. The summed E-state index contributed by atoms with van der Waals surface area (Å²) in [4.78, 5) is 12.1. The Morgan fingerprint density at radius 2 is 1.93 bits per heavy atom. The first-order chi connectivity index (χ1) is 13.6. The van der Waals surface area contributed by atoms with Gasteiger partial charge >= 0.3 is 12.1 Å². The number of alkyl halides is 3. The number of carbonyl (C=O) groups is 1. The highest BCUT2D eigenvalue weighted by atomic mass is 32.2. The van der Waals surface area contributed by atoms with Crippen LogP contribution in [0.2, 0.25) is 0 Å². The molecule has 0 saturated carbocycles. The van der Waals surface area contributed by atoms with E-state index in [0.29, 0.717) is 21.8 Å². The van der Waals surface area contributed by atoms with Crippen molar-refractivity contribution in [3.63, 3.8) is 0 Å². The number of methoxy groups -OCH3 is 1. The smallest absolute Gasteiger partial charge is 0.471 e. The molecule has 3 rings (SSSR count). The number of rotatable bonds is 5. The molecule has 29 heavy (non-hydrogen) atoms. The zero-order valence-electron chi connectivity index (χ0n) is 15.5. The van der Waals surface area contributed by atoms with Crippen LogP contribution in [0.4, 0.5) is 13.2 Å². The molecule has 2 aromatic rings. The van der Waals surface area contributed by atoms with E-state index in [1.165, 1.54) is 19.2 Å². The fourth-order valence-corrected chi connectivity index (χ4v) is 4.17. The maximum absolute atomic E-state index is 12.7. The molecule has 1 amide bonds. The number of hydrogen-bond donors (Lipinski definition) is 1. The third-order valence-corrected chi connectivity index (χ3v) is 6.03. The van der Waals surface area contributed by atoms with Gasteiger partial charge in [0.05, 0.1) is 12.0 Å². The van der Waals surface area contributed by atoms with Crippen LogP contribution in [0.5, 0.6) is 5.75 Å². The van der Waals surface area contributed by atoms with E-state index in [-0.39, 0.29) is 31.0 Å². The van der Waals surface area contributed by atoms with Gasteiger partial charge in [0.15, 0.2) is 0 Å². The first kappa shape index (κ1) is 21.1. The maximum atomic E-state index is 12.7. The molecule has 1 heterocycles. The molecule has 0 unspecified atom stereocenters. The van der Waals surface area contributed by atoms with E-state index in [2.05, 4.69) is 4.72 Å². The number of carbonyl (C=O) groups excluding carboxylic acids is 1. The van der Waals surface area contributed by atoms with Gasteiger partial charge in [-0.1, -0.05) is 18.2 Å². The standard InChI is InChI=1S/C19H19F3N2O4S/c1-28-16-4-2-3-13(9-16)11-23-29(26,27)17-6-5-14-7-8-24(12-15(14)10-17)18(25)19(20,21)22/h2-6,9-10,23H,7-8,11-12H2,1H3. The van der Waals surface area contributed by atoms with Crippen LogP contribution >= 0.6 is 0 Å². The van der Waals surface area contributed by atoms with Crippen molar-refractivity contribution in [1.29, 1.82) is 0 Å². The number of fused-ring (bicyclic) bond motifs is 1. The zero-order chi connectivity index (χ0) is 21.2. The molecule has 0 saturated heterocycles. The van der Waals surface area contributed by atoms with Gasteiger partial charge in [-0.15, -0.1) is 0 Å². The minimum absolute atomic E-state index is 0.0231. The Labute approximate surface area is 166 Å². The summed E-state index contributed by atoms with van der Waals surface area (Å²) in [6, 6.07) is 11.2. The maximum Gasteiger partial charge on any atom is 0.471 e. The van der Waals surface area contributed by atoms with Crippen LogP contribution in [0.15, 0.2) is 47.4 Å². The Morgan fingerprint density at radius 3 is 2.62 bits per heavy atom. The van der Waals surface area contributed by atoms with E-state index in [0.717, 1.165) is 5.56 Å². The van der Waals surface area contributed by atoms with Crippen molar-refractivity contribution in [3.8, 4) is 5.75 Å². The number of halogens is 3. The Kier molecular flexibility index (Phi) is 5.85. The van der Waals surface area contributed by atoms with E-state index in [1.54, 1.807) is 30.3 Å². The van der Waals surface area contributed by atoms with E-state index >= 15 is 0 Å². The highest BCUT2D eigenvalue weighted by Crippen LogP contribution is 2.26. The number of sulfonamides is 1. The zero-order valence-corrected chi connectivity index (χ0v) is 16.3. The number of nitrogens with one attached hydrogen (secondary N) is 1. The number of amides is 1. The van der Waals surface area contributed by atoms with Gasteiger partial charge in [-0.3, -0.25) is 4.79 Å². The second-order valence-corrected chi connectivity index (χ2v) is 8.35. The number of ether oxygens (including phenoxy) is 1. The molecule has 1 N–H and O–H groups in total. The molecule has 0 atom stereocenters. The van der Waals surface area contributed by atoms with Gasteiger partial charge in [0.1, 0.15) is 5.75 Å². The summed E-state index contributed by atoms with van der Waals surface area (Å²) in [5, 5.41) is 0. The molecule has 0 aliphatic carbocycles. The van der Waals surface area contributed by atoms with Crippen molar-refractivity contribution < 1.29 is 31.1 Å². The van der Waals surface area contributed by atoms with Gasteiger partial charge in [0, 0.05) is 19.6 Å². The third kappa shape index (κ3) is 4.88. The predicted molar refractivity (Wildman–Crippen MR) is 98.6 cm³/mol. The molecule has 0 radical (unpaired) electrons. The fraction of sp³-hybridized carbons (Fsp3) is 0.316. The number of hydrogen-bond acceptors (Lipinski definition) is 4. The lowest BCUT2D eigenvalue weighted by atomic mass is 10.00. The quantitative estimate of drug-likeness (QED) is 0.795. The van der Waals surface area contributed by atoms with Gasteiger partial charge in [-0.25, -0.2) is 13.1 Å². The van der Waals surface area contributed by atoms with E-state index in [1.807, 2.05) is 0 Å². The summed E-state index contributed by atoms with van der Waals surface area (Å²) >= 11 is 0. The van der Waals surface area contributed by atoms with Crippen LogP contribution < -0.4 is 9.46 Å². The topological polar surface area (TPSA) is 75.7 Å². The Balaban J connectivity index is 1.76. The molecular formula is C19H19F3N2O4S. The molecule has 156 valence electrons. The predicted octanol–water partition coefficient (Wildman–Crippen LogP) is 2.62. The number of nitrogens with zero attached hydrogens (tertiary/aromatic N) is 1. The third-order valence-electron chi connectivity index (χ3n) is 4.63. The van der Waals surface area contributed by atoms with Crippen molar-refractivity contribution in [2.24, 2.45) is 0 Å². The Morgan fingerprint density at radius 1 is 1.17 bits per heavy atom. The van der Waals surface area contributed by atoms with Crippen molar-refractivity contribution in [3.05, 3.63) is 59.2 Å². The summed E-state index contributed by atoms with van der Waals surface area (Å²) in [5.74, 6) is -1.34. The van der Waals surface area contributed by atoms with Crippen LogP contribution in [0.25, 0.3) is 0 Å². The largest absolute Gasteiger partial charge is 0.497 e. The van der Waals surface area contributed by atoms with E-state index < -0.39 is 22.1 Å². The molecule has 1 aliphatic heterocycles. The van der Waals surface area contributed by atoms with E-state index in [9.17, 15) is 26.4 Å². The fourth-order valence-electron chi connectivity index (χ4n) is 3.10. The van der Waals surface area contributed by atoms with E-state index in [4.69, 9.17) is 4.74 Å². The second kappa shape index (κ2) is 8.03. The molecular weight excluding hydrogens is 409 g/mol. The first-order valence-electron chi connectivity index (χ1n) is 8.70. The molecule has 0 aromatic heterocycles.